The van der Waals surface area contributed by atoms with Crippen LogP contribution in [0.15, 0.2) is 18.2 Å². The lowest BCUT2D eigenvalue weighted by Crippen LogP contribution is -2.37. The van der Waals surface area contributed by atoms with Gasteiger partial charge in [-0.15, -0.1) is 0 Å². The molecule has 0 saturated heterocycles. The van der Waals surface area contributed by atoms with Crippen LogP contribution in [0.5, 0.6) is 5.75 Å². The fourth-order valence-corrected chi connectivity index (χ4v) is 3.31. The molecule has 1 fully saturated rings. The molecule has 5 heteroatoms. The van der Waals surface area contributed by atoms with Gasteiger partial charge in [0.1, 0.15) is 5.75 Å². The smallest absolute Gasteiger partial charge is 0.269 e. The molecule has 0 heterocycles. The maximum atomic E-state index is 10.9. The maximum Gasteiger partial charge on any atom is 0.269 e. The molecule has 3 atom stereocenters. The van der Waals surface area contributed by atoms with Crippen molar-refractivity contribution in [2.45, 2.75) is 45.1 Å². The van der Waals surface area contributed by atoms with E-state index in [-0.39, 0.29) is 16.7 Å². The molecule has 0 aliphatic heterocycles. The van der Waals surface area contributed by atoms with Crippen LogP contribution in [0.3, 0.4) is 0 Å². The van der Waals surface area contributed by atoms with Crippen molar-refractivity contribution in [1.29, 1.82) is 0 Å². The lowest BCUT2D eigenvalue weighted by atomic mass is 9.75. The first-order valence-corrected chi connectivity index (χ1v) is 7.62. The van der Waals surface area contributed by atoms with Gasteiger partial charge in [0.25, 0.3) is 5.69 Å². The zero-order valence-electron chi connectivity index (χ0n) is 12.7. The summed E-state index contributed by atoms with van der Waals surface area (Å²) in [5.41, 5.74) is 7.26. The van der Waals surface area contributed by atoms with Crippen molar-refractivity contribution in [3.63, 3.8) is 0 Å². The van der Waals surface area contributed by atoms with E-state index >= 15 is 0 Å². The Balaban J connectivity index is 2.20. The van der Waals surface area contributed by atoms with Crippen molar-refractivity contribution in [1.82, 2.24) is 0 Å². The summed E-state index contributed by atoms with van der Waals surface area (Å²) in [6, 6.07) is 4.97. The summed E-state index contributed by atoms with van der Waals surface area (Å²) in [5.74, 6) is 1.81. The minimum absolute atomic E-state index is 0.113. The molecule has 2 N–H and O–H groups in total. The number of hydrogen-bond acceptors (Lipinski definition) is 4. The molecule has 1 saturated carbocycles. The molecule has 1 aliphatic carbocycles. The van der Waals surface area contributed by atoms with Gasteiger partial charge >= 0.3 is 0 Å². The van der Waals surface area contributed by atoms with Crippen LogP contribution >= 0.6 is 0 Å². The highest BCUT2D eigenvalue weighted by atomic mass is 16.6. The molecule has 5 nitrogen and oxygen atoms in total. The van der Waals surface area contributed by atoms with Crippen molar-refractivity contribution in [3.8, 4) is 5.75 Å². The predicted molar refractivity (Wildman–Crippen MR) is 82.4 cm³/mol. The fraction of sp³-hybridized carbons (Fsp3) is 0.625. The lowest BCUT2D eigenvalue weighted by Gasteiger charge is -2.34. The Hall–Kier alpha value is -1.62. The van der Waals surface area contributed by atoms with Crippen molar-refractivity contribution in [2.24, 2.45) is 17.6 Å². The predicted octanol–water partition coefficient (Wildman–Crippen LogP) is 3.30. The van der Waals surface area contributed by atoms with E-state index in [9.17, 15) is 10.1 Å². The molecule has 2 rings (SSSR count). The van der Waals surface area contributed by atoms with Crippen LogP contribution in [0.4, 0.5) is 5.69 Å². The Labute approximate surface area is 125 Å². The molecular formula is C16H24N2O3. The van der Waals surface area contributed by atoms with E-state index in [4.69, 9.17) is 10.5 Å². The normalized spacial score (nSPS) is 25.6. The van der Waals surface area contributed by atoms with Gasteiger partial charge in [-0.25, -0.2) is 0 Å². The first kappa shape index (κ1) is 15.8. The van der Waals surface area contributed by atoms with Gasteiger partial charge in [0, 0.05) is 23.7 Å². The number of nitrogens with zero attached hydrogens (tertiary/aromatic N) is 1. The van der Waals surface area contributed by atoms with Crippen molar-refractivity contribution >= 4 is 5.69 Å². The van der Waals surface area contributed by atoms with E-state index < -0.39 is 0 Å². The van der Waals surface area contributed by atoms with Gasteiger partial charge in [-0.3, -0.25) is 10.1 Å². The van der Waals surface area contributed by atoms with E-state index in [1.165, 1.54) is 18.9 Å². The second kappa shape index (κ2) is 6.89. The van der Waals surface area contributed by atoms with E-state index in [2.05, 4.69) is 6.92 Å². The molecule has 0 radical (unpaired) electrons. The topological polar surface area (TPSA) is 78.4 Å². The number of benzene rings is 1. The minimum atomic E-state index is -0.363. The van der Waals surface area contributed by atoms with Crippen molar-refractivity contribution in [3.05, 3.63) is 33.9 Å². The van der Waals surface area contributed by atoms with Crippen LogP contribution in [0.1, 0.15) is 38.2 Å². The monoisotopic (exact) mass is 292 g/mol. The third kappa shape index (κ3) is 3.73. The summed E-state index contributed by atoms with van der Waals surface area (Å²) < 4.78 is 5.35. The number of rotatable bonds is 5. The number of hydrogen-bond donors (Lipinski definition) is 1. The summed E-state index contributed by atoms with van der Waals surface area (Å²) in [6.45, 7) is 2.21. The van der Waals surface area contributed by atoms with Gasteiger partial charge in [-0.1, -0.05) is 13.3 Å². The van der Waals surface area contributed by atoms with Gasteiger partial charge in [0.15, 0.2) is 0 Å². The Morgan fingerprint density at radius 2 is 2.19 bits per heavy atom. The van der Waals surface area contributed by atoms with Crippen LogP contribution in [0, 0.1) is 22.0 Å². The van der Waals surface area contributed by atoms with Gasteiger partial charge in [0.05, 0.1) is 12.0 Å². The van der Waals surface area contributed by atoms with Crippen LogP contribution < -0.4 is 10.5 Å². The highest BCUT2D eigenvalue weighted by Crippen LogP contribution is 2.35. The molecule has 1 aliphatic rings. The van der Waals surface area contributed by atoms with Crippen molar-refractivity contribution < 1.29 is 9.66 Å². The van der Waals surface area contributed by atoms with Crippen LogP contribution in [-0.4, -0.2) is 18.1 Å². The molecule has 1 aromatic rings. The summed E-state index contributed by atoms with van der Waals surface area (Å²) in [7, 11) is 1.60. The van der Waals surface area contributed by atoms with E-state index in [1.807, 2.05) is 0 Å². The quantitative estimate of drug-likeness (QED) is 0.667. The average molecular weight is 292 g/mol. The Morgan fingerprint density at radius 3 is 2.81 bits per heavy atom. The van der Waals surface area contributed by atoms with Crippen LogP contribution in [-0.2, 0) is 6.42 Å². The van der Waals surface area contributed by atoms with Crippen molar-refractivity contribution in [2.75, 3.05) is 7.11 Å². The second-order valence-electron chi connectivity index (χ2n) is 5.97. The standard InChI is InChI=1S/C16H24N2O3/c1-3-11-4-6-15(17)12(8-11)9-13-10-14(18(19)20)5-7-16(13)21-2/h5,7,10-12,15H,3-4,6,8-9,17H2,1-2H3. The molecule has 0 amide bonds. The Bertz CT molecular complexity index is 504. The summed E-state index contributed by atoms with van der Waals surface area (Å²) in [6.07, 6.45) is 5.27. The fourth-order valence-electron chi connectivity index (χ4n) is 3.31. The van der Waals surface area contributed by atoms with E-state index in [1.54, 1.807) is 19.2 Å². The average Bonchev–Trinajstić information content (AvgIpc) is 2.49. The molecular weight excluding hydrogens is 268 g/mol. The lowest BCUT2D eigenvalue weighted by molar-refractivity contribution is -0.384. The third-order valence-corrected chi connectivity index (χ3v) is 4.68. The number of nitro groups is 1. The Morgan fingerprint density at radius 1 is 1.43 bits per heavy atom. The number of non-ortho nitro benzene ring substituents is 1. The molecule has 21 heavy (non-hydrogen) atoms. The van der Waals surface area contributed by atoms with E-state index in [0.29, 0.717) is 11.7 Å². The summed E-state index contributed by atoms with van der Waals surface area (Å²) in [4.78, 5) is 10.6. The molecule has 3 unspecified atom stereocenters. The van der Waals surface area contributed by atoms with Crippen LogP contribution in [0.25, 0.3) is 0 Å². The van der Waals surface area contributed by atoms with Crippen LogP contribution in [0.2, 0.25) is 0 Å². The largest absolute Gasteiger partial charge is 0.496 e. The molecule has 1 aromatic carbocycles. The third-order valence-electron chi connectivity index (χ3n) is 4.68. The molecule has 0 bridgehead atoms. The van der Waals surface area contributed by atoms with Gasteiger partial charge < -0.3 is 10.5 Å². The summed E-state index contributed by atoms with van der Waals surface area (Å²) in [5, 5.41) is 10.9. The molecule has 0 aromatic heterocycles. The van der Waals surface area contributed by atoms with Gasteiger partial charge in [-0.05, 0) is 43.6 Å². The zero-order valence-corrected chi connectivity index (χ0v) is 12.7. The molecule has 0 spiro atoms. The SMILES string of the molecule is CCC1CCC(N)C(Cc2cc([N+](=O)[O-])ccc2OC)C1. The van der Waals surface area contributed by atoms with Gasteiger partial charge in [0.2, 0.25) is 0 Å². The zero-order chi connectivity index (χ0) is 15.4. The number of nitro benzene ring substituents is 1. The van der Waals surface area contributed by atoms with E-state index in [0.717, 1.165) is 30.7 Å². The second-order valence-corrected chi connectivity index (χ2v) is 5.97. The minimum Gasteiger partial charge on any atom is -0.496 e. The number of ether oxygens (including phenoxy) is 1. The maximum absolute atomic E-state index is 10.9. The van der Waals surface area contributed by atoms with Gasteiger partial charge in [-0.2, -0.15) is 0 Å². The number of methoxy groups -OCH3 is 1. The first-order chi connectivity index (χ1) is 10.0. The highest BCUT2D eigenvalue weighted by molar-refractivity contribution is 5.44. The highest BCUT2D eigenvalue weighted by Gasteiger charge is 2.28. The summed E-state index contributed by atoms with van der Waals surface area (Å²) >= 11 is 0. The first-order valence-electron chi connectivity index (χ1n) is 7.62. The molecule has 116 valence electrons. The Kier molecular flexibility index (Phi) is 5.17. The number of nitrogens with two attached hydrogens (primary N) is 1.